The molecule has 0 radical (unpaired) electrons. The lowest BCUT2D eigenvalue weighted by Gasteiger charge is -2.54. The van der Waals surface area contributed by atoms with Crippen molar-refractivity contribution < 1.29 is 43.2 Å². The Bertz CT molecular complexity index is 926. The van der Waals surface area contributed by atoms with E-state index in [1.807, 2.05) is 19.9 Å². The zero-order valence-electron chi connectivity index (χ0n) is 22.4. The molecule has 9 atom stereocenters. The second kappa shape index (κ2) is 10.6. The van der Waals surface area contributed by atoms with Gasteiger partial charge in [0.05, 0.1) is 24.5 Å². The van der Waals surface area contributed by atoms with Crippen molar-refractivity contribution in [1.82, 2.24) is 0 Å². The fraction of sp³-hybridized carbons (Fsp3) is 0.778. The molecule has 1 saturated carbocycles. The Balaban J connectivity index is 2.22. The van der Waals surface area contributed by atoms with Gasteiger partial charge in [-0.1, -0.05) is 32.4 Å². The monoisotopic (exact) mass is 508 g/mol. The molecule has 3 aliphatic rings. The third kappa shape index (κ3) is 4.84. The number of hydrogen-bond donors (Lipinski definition) is 1. The van der Waals surface area contributed by atoms with E-state index >= 15 is 0 Å². The fourth-order valence-corrected chi connectivity index (χ4v) is 6.29. The average Bonchev–Trinajstić information content (AvgIpc) is 3.53. The van der Waals surface area contributed by atoms with Gasteiger partial charge >= 0.3 is 17.9 Å². The molecular weight excluding hydrogens is 468 g/mol. The minimum atomic E-state index is -1.48. The van der Waals surface area contributed by atoms with Gasteiger partial charge in [0.25, 0.3) is 0 Å². The van der Waals surface area contributed by atoms with Crippen LogP contribution in [0.15, 0.2) is 11.6 Å². The summed E-state index contributed by atoms with van der Waals surface area (Å²) in [6.07, 6.45) is 0.478. The molecule has 9 heteroatoms. The van der Waals surface area contributed by atoms with Gasteiger partial charge in [0.1, 0.15) is 18.3 Å². The van der Waals surface area contributed by atoms with Gasteiger partial charge in [-0.3, -0.25) is 19.2 Å². The molecule has 0 spiro atoms. The molecule has 2 aliphatic carbocycles. The molecule has 202 valence electrons. The Hall–Kier alpha value is -2.26. The average molecular weight is 509 g/mol. The standard InChI is InChI=1S/C27H40O9/c1-8-9-22(30)35-19-11-10-14(2)12-21-27(36-21,16(4)25(32)33-7)24(31)23-15(3)18(29)13-20(26(19,23)6)34-17(5)28/h12,15-16,18-21,23,29H,8-11,13H2,1-7H3/b14-12-/t15-,16?,18-,19+,20+,21+,23?,26+,27+/m1/s1. The van der Waals surface area contributed by atoms with E-state index < -0.39 is 71.1 Å². The van der Waals surface area contributed by atoms with Crippen molar-refractivity contribution in [2.75, 3.05) is 7.11 Å². The molecule has 1 N–H and O–H groups in total. The first kappa shape index (κ1) is 28.3. The van der Waals surface area contributed by atoms with E-state index in [1.54, 1.807) is 20.8 Å². The van der Waals surface area contributed by atoms with Gasteiger partial charge < -0.3 is 24.1 Å². The number of fused-ring (bicyclic) bond motifs is 2. The number of Topliss-reactive ketones (excluding diaryl/α,β-unsaturated/α-hetero) is 1. The van der Waals surface area contributed by atoms with Gasteiger partial charge in [-0.05, 0) is 39.0 Å². The second-order valence-electron chi connectivity index (χ2n) is 10.8. The van der Waals surface area contributed by atoms with Crippen LogP contribution in [-0.2, 0) is 38.1 Å². The first-order valence-electron chi connectivity index (χ1n) is 12.9. The lowest BCUT2D eigenvalue weighted by molar-refractivity contribution is -0.207. The van der Waals surface area contributed by atoms with E-state index in [-0.39, 0.29) is 18.6 Å². The van der Waals surface area contributed by atoms with Crippen LogP contribution >= 0.6 is 0 Å². The van der Waals surface area contributed by atoms with Crippen molar-refractivity contribution in [2.24, 2.45) is 23.2 Å². The molecule has 0 aromatic carbocycles. The topological polar surface area (TPSA) is 129 Å². The van der Waals surface area contributed by atoms with Crippen LogP contribution in [0.4, 0.5) is 0 Å². The molecule has 0 aromatic rings. The lowest BCUT2D eigenvalue weighted by Crippen LogP contribution is -2.64. The van der Waals surface area contributed by atoms with Gasteiger partial charge in [0.15, 0.2) is 11.4 Å². The first-order chi connectivity index (χ1) is 16.8. The highest BCUT2D eigenvalue weighted by Crippen LogP contribution is 2.57. The molecule has 0 bridgehead atoms. The van der Waals surface area contributed by atoms with Gasteiger partial charge in [0, 0.05) is 25.7 Å². The van der Waals surface area contributed by atoms with Crippen LogP contribution in [0.5, 0.6) is 0 Å². The molecule has 2 fully saturated rings. The Morgan fingerprint density at radius 1 is 1.25 bits per heavy atom. The first-order valence-corrected chi connectivity index (χ1v) is 12.9. The maximum atomic E-state index is 14.5. The normalized spacial score (nSPS) is 40.4. The van der Waals surface area contributed by atoms with E-state index in [9.17, 15) is 24.3 Å². The molecule has 9 nitrogen and oxygen atoms in total. The second-order valence-corrected chi connectivity index (χ2v) is 10.8. The Labute approximate surface area is 212 Å². The lowest BCUT2D eigenvalue weighted by atomic mass is 9.54. The number of hydrogen-bond acceptors (Lipinski definition) is 9. The number of ether oxygens (including phenoxy) is 4. The molecule has 2 unspecified atom stereocenters. The summed E-state index contributed by atoms with van der Waals surface area (Å²) in [7, 11) is 1.26. The molecule has 1 saturated heterocycles. The number of esters is 3. The highest BCUT2D eigenvalue weighted by atomic mass is 16.6. The SMILES string of the molecule is CCCC(=O)O[C@H]1CC/C(C)=C\[C@@H]2O[C@]2(C(C)C(=O)OC)C(=O)C2[C@H](C)[C@H](O)C[C@H](OC(C)=O)[C@@]21C. The number of carbonyl (C=O) groups is 4. The zero-order chi connectivity index (χ0) is 27.0. The van der Waals surface area contributed by atoms with Crippen LogP contribution in [0, 0.1) is 23.2 Å². The van der Waals surface area contributed by atoms with Gasteiger partial charge in [-0.15, -0.1) is 0 Å². The summed E-state index contributed by atoms with van der Waals surface area (Å²) in [5.41, 5.74) is -1.72. The molecular formula is C27H40O9. The van der Waals surface area contributed by atoms with Crippen LogP contribution < -0.4 is 0 Å². The van der Waals surface area contributed by atoms with Crippen LogP contribution in [0.3, 0.4) is 0 Å². The van der Waals surface area contributed by atoms with E-state index in [0.717, 1.165) is 5.57 Å². The van der Waals surface area contributed by atoms with Crippen LogP contribution in [-0.4, -0.2) is 65.9 Å². The van der Waals surface area contributed by atoms with Gasteiger partial charge in [-0.25, -0.2) is 0 Å². The minimum absolute atomic E-state index is 0.0987. The Morgan fingerprint density at radius 3 is 2.50 bits per heavy atom. The molecule has 1 aliphatic heterocycles. The molecule has 36 heavy (non-hydrogen) atoms. The van der Waals surface area contributed by atoms with Gasteiger partial charge in [-0.2, -0.15) is 0 Å². The predicted octanol–water partition coefficient (Wildman–Crippen LogP) is 2.91. The van der Waals surface area contributed by atoms with Crippen molar-refractivity contribution in [2.45, 2.75) is 104 Å². The maximum absolute atomic E-state index is 14.5. The summed E-state index contributed by atoms with van der Waals surface area (Å²) < 4.78 is 22.7. The number of aliphatic hydroxyl groups excluding tert-OH is 1. The highest BCUT2D eigenvalue weighted by Gasteiger charge is 2.72. The number of ketones is 1. The summed E-state index contributed by atoms with van der Waals surface area (Å²) in [6.45, 7) is 10.2. The minimum Gasteiger partial charge on any atom is -0.469 e. The number of aliphatic hydroxyl groups is 1. The number of epoxide rings is 1. The van der Waals surface area contributed by atoms with Crippen LogP contribution in [0.1, 0.15) is 73.6 Å². The van der Waals surface area contributed by atoms with E-state index in [2.05, 4.69) is 0 Å². The zero-order valence-corrected chi connectivity index (χ0v) is 22.4. The summed E-state index contributed by atoms with van der Waals surface area (Å²) in [5, 5.41) is 11.0. The van der Waals surface area contributed by atoms with E-state index in [0.29, 0.717) is 19.3 Å². The van der Waals surface area contributed by atoms with Crippen molar-refractivity contribution >= 4 is 23.7 Å². The smallest absolute Gasteiger partial charge is 0.311 e. The highest BCUT2D eigenvalue weighted by molar-refractivity contribution is 5.98. The van der Waals surface area contributed by atoms with Crippen molar-refractivity contribution in [3.8, 4) is 0 Å². The Morgan fingerprint density at radius 2 is 1.92 bits per heavy atom. The summed E-state index contributed by atoms with van der Waals surface area (Å²) in [5.74, 6) is -4.31. The van der Waals surface area contributed by atoms with Crippen molar-refractivity contribution in [3.05, 3.63) is 11.6 Å². The number of rotatable bonds is 6. The molecule has 1 heterocycles. The van der Waals surface area contributed by atoms with Crippen molar-refractivity contribution in [3.63, 3.8) is 0 Å². The number of methoxy groups -OCH3 is 1. The maximum Gasteiger partial charge on any atom is 0.311 e. The molecule has 0 amide bonds. The Kier molecular flexibility index (Phi) is 8.35. The van der Waals surface area contributed by atoms with Crippen molar-refractivity contribution in [1.29, 1.82) is 0 Å². The summed E-state index contributed by atoms with van der Waals surface area (Å²) in [6, 6.07) is 0. The van der Waals surface area contributed by atoms with Gasteiger partial charge in [0.2, 0.25) is 0 Å². The van der Waals surface area contributed by atoms with Crippen LogP contribution in [0.25, 0.3) is 0 Å². The molecule has 0 aromatic heterocycles. The predicted molar refractivity (Wildman–Crippen MR) is 129 cm³/mol. The number of carbonyl (C=O) groups excluding carboxylic acids is 4. The van der Waals surface area contributed by atoms with Crippen LogP contribution in [0.2, 0.25) is 0 Å². The fourth-order valence-electron chi connectivity index (χ4n) is 6.29. The summed E-state index contributed by atoms with van der Waals surface area (Å²) in [4.78, 5) is 52.0. The van der Waals surface area contributed by atoms with E-state index in [4.69, 9.17) is 18.9 Å². The summed E-state index contributed by atoms with van der Waals surface area (Å²) >= 11 is 0. The molecule has 3 rings (SSSR count). The largest absolute Gasteiger partial charge is 0.469 e. The third-order valence-corrected chi connectivity index (χ3v) is 8.47. The number of allylic oxidation sites excluding steroid dienone is 1. The third-order valence-electron chi connectivity index (χ3n) is 8.47. The van der Waals surface area contributed by atoms with E-state index in [1.165, 1.54) is 14.0 Å². The quantitative estimate of drug-likeness (QED) is 0.249.